The van der Waals surface area contributed by atoms with Gasteiger partial charge in [0.25, 0.3) is 0 Å². The van der Waals surface area contributed by atoms with Crippen LogP contribution in [-0.2, 0) is 6.54 Å². The van der Waals surface area contributed by atoms with Gasteiger partial charge in [0.05, 0.1) is 18.3 Å². The Morgan fingerprint density at radius 1 is 1.27 bits per heavy atom. The van der Waals surface area contributed by atoms with Crippen molar-refractivity contribution in [2.75, 3.05) is 23.3 Å². The first-order valence-corrected chi connectivity index (χ1v) is 8.86. The van der Waals surface area contributed by atoms with Gasteiger partial charge >= 0.3 is 0 Å². The van der Waals surface area contributed by atoms with Crippen LogP contribution in [0.5, 0.6) is 0 Å². The molecule has 0 aliphatic carbocycles. The van der Waals surface area contributed by atoms with Crippen LogP contribution < -0.4 is 16.0 Å². The molecule has 1 saturated heterocycles. The second-order valence-electron chi connectivity index (χ2n) is 6.70. The molecular weight excluding hydrogens is 331 g/mol. The molecule has 3 rings (SSSR count). The maximum absolute atomic E-state index is 14.4. The number of aliphatic hydroxyl groups excluding tert-OH is 1. The maximum Gasteiger partial charge on any atom is 0.193 e. The molecule has 138 valence electrons. The Balaban J connectivity index is 1.62. The van der Waals surface area contributed by atoms with Crippen molar-refractivity contribution < 1.29 is 9.50 Å². The summed E-state index contributed by atoms with van der Waals surface area (Å²) in [5.41, 5.74) is 9.26. The molecular formula is C20H25FN4O. The van der Waals surface area contributed by atoms with Crippen LogP contribution in [0, 0.1) is 12.7 Å². The van der Waals surface area contributed by atoms with Gasteiger partial charge in [-0.1, -0.05) is 18.2 Å². The minimum absolute atomic E-state index is 0.265. The summed E-state index contributed by atoms with van der Waals surface area (Å²) in [4.78, 5) is 6.26. The number of aliphatic imine (C=N–C) groups is 1. The lowest BCUT2D eigenvalue weighted by molar-refractivity contribution is 0.145. The van der Waals surface area contributed by atoms with Crippen molar-refractivity contribution in [2.45, 2.75) is 32.4 Å². The average Bonchev–Trinajstić information content (AvgIpc) is 2.61. The maximum atomic E-state index is 14.4. The van der Waals surface area contributed by atoms with Crippen LogP contribution in [0.2, 0.25) is 0 Å². The van der Waals surface area contributed by atoms with Gasteiger partial charge < -0.3 is 21.1 Å². The molecule has 0 radical (unpaired) electrons. The minimum atomic E-state index is -0.271. The van der Waals surface area contributed by atoms with Crippen molar-refractivity contribution in [3.63, 3.8) is 0 Å². The van der Waals surface area contributed by atoms with Gasteiger partial charge in [-0.3, -0.25) is 0 Å². The number of hydrogen-bond acceptors (Lipinski definition) is 3. The van der Waals surface area contributed by atoms with E-state index in [4.69, 9.17) is 5.73 Å². The highest BCUT2D eigenvalue weighted by Gasteiger charge is 2.19. The highest BCUT2D eigenvalue weighted by molar-refractivity contribution is 5.92. The summed E-state index contributed by atoms with van der Waals surface area (Å²) in [5, 5.41) is 12.6. The van der Waals surface area contributed by atoms with Gasteiger partial charge in [-0.05, 0) is 55.2 Å². The van der Waals surface area contributed by atoms with Crippen LogP contribution in [0.15, 0.2) is 47.5 Å². The first-order chi connectivity index (χ1) is 12.5. The lowest BCUT2D eigenvalue weighted by Crippen LogP contribution is -2.36. The fourth-order valence-corrected chi connectivity index (χ4v) is 3.10. The van der Waals surface area contributed by atoms with E-state index in [9.17, 15) is 9.50 Å². The Bertz CT molecular complexity index is 785. The number of benzene rings is 2. The zero-order valence-electron chi connectivity index (χ0n) is 15.0. The Hall–Kier alpha value is -2.60. The molecule has 2 aromatic rings. The second-order valence-corrected chi connectivity index (χ2v) is 6.70. The largest absolute Gasteiger partial charge is 0.393 e. The van der Waals surface area contributed by atoms with Crippen LogP contribution in [0.4, 0.5) is 15.8 Å². The third-order valence-corrected chi connectivity index (χ3v) is 4.54. The van der Waals surface area contributed by atoms with Crippen molar-refractivity contribution in [3.8, 4) is 0 Å². The van der Waals surface area contributed by atoms with Gasteiger partial charge in [-0.2, -0.15) is 0 Å². The molecule has 26 heavy (non-hydrogen) atoms. The van der Waals surface area contributed by atoms with Crippen molar-refractivity contribution >= 4 is 17.3 Å². The van der Waals surface area contributed by atoms with E-state index in [-0.39, 0.29) is 11.9 Å². The summed E-state index contributed by atoms with van der Waals surface area (Å²) >= 11 is 0. The Kier molecular flexibility index (Phi) is 5.73. The normalized spacial score (nSPS) is 16.0. The number of aryl methyl sites for hydroxylation is 1. The summed E-state index contributed by atoms with van der Waals surface area (Å²) in [5.74, 6) is 0.0319. The van der Waals surface area contributed by atoms with E-state index >= 15 is 0 Å². The number of halogens is 1. The molecule has 0 saturated carbocycles. The number of guanidine groups is 1. The summed E-state index contributed by atoms with van der Waals surface area (Å²) in [6.07, 6.45) is 1.08. The number of nitrogens with one attached hydrogen (secondary N) is 1. The molecule has 0 atom stereocenters. The molecule has 5 nitrogen and oxygen atoms in total. The van der Waals surface area contributed by atoms with Gasteiger partial charge in [-0.15, -0.1) is 0 Å². The molecule has 1 aliphatic heterocycles. The molecule has 0 aromatic heterocycles. The predicted octanol–water partition coefficient (Wildman–Crippen LogP) is 3.02. The number of hydrogen-bond donors (Lipinski definition) is 3. The Morgan fingerprint density at radius 2 is 2.04 bits per heavy atom. The lowest BCUT2D eigenvalue weighted by atomic mass is 10.1. The van der Waals surface area contributed by atoms with Gasteiger partial charge in [0.2, 0.25) is 0 Å². The van der Waals surface area contributed by atoms with E-state index in [1.54, 1.807) is 6.07 Å². The van der Waals surface area contributed by atoms with E-state index < -0.39 is 0 Å². The lowest BCUT2D eigenvalue weighted by Gasteiger charge is -2.31. The van der Waals surface area contributed by atoms with Crippen LogP contribution in [0.3, 0.4) is 0 Å². The molecule has 1 aliphatic rings. The SMILES string of the molecule is Cc1cccc(NC(N)=NCc2ccc(N3CCC(O)CC3)c(F)c2)c1. The smallest absolute Gasteiger partial charge is 0.193 e. The third-order valence-electron chi connectivity index (χ3n) is 4.54. The van der Waals surface area contributed by atoms with Crippen molar-refractivity contribution in [2.24, 2.45) is 10.7 Å². The molecule has 1 fully saturated rings. The standard InChI is InChI=1S/C20H25FN4O/c1-14-3-2-4-16(11-14)24-20(22)23-13-15-5-6-19(18(21)12-15)25-9-7-17(26)8-10-25/h2-6,11-12,17,26H,7-10,13H2,1H3,(H3,22,23,24). The van der Waals surface area contributed by atoms with Gasteiger partial charge in [-0.25, -0.2) is 9.38 Å². The van der Waals surface area contributed by atoms with E-state index in [0.29, 0.717) is 44.1 Å². The molecule has 0 unspecified atom stereocenters. The number of aliphatic hydroxyl groups is 1. The van der Waals surface area contributed by atoms with E-state index in [0.717, 1.165) is 16.8 Å². The van der Waals surface area contributed by atoms with E-state index in [2.05, 4.69) is 10.3 Å². The van der Waals surface area contributed by atoms with Crippen molar-refractivity contribution in [1.29, 1.82) is 0 Å². The fourth-order valence-electron chi connectivity index (χ4n) is 3.10. The van der Waals surface area contributed by atoms with Crippen LogP contribution in [0.1, 0.15) is 24.0 Å². The molecule has 4 N–H and O–H groups in total. The quantitative estimate of drug-likeness (QED) is 0.582. The zero-order chi connectivity index (χ0) is 18.5. The van der Waals surface area contributed by atoms with Crippen LogP contribution in [-0.4, -0.2) is 30.3 Å². The van der Waals surface area contributed by atoms with Gasteiger partial charge in [0.15, 0.2) is 5.96 Å². The van der Waals surface area contributed by atoms with Crippen LogP contribution in [0.25, 0.3) is 0 Å². The summed E-state index contributed by atoms with van der Waals surface area (Å²) in [7, 11) is 0. The summed E-state index contributed by atoms with van der Waals surface area (Å²) in [6.45, 7) is 3.65. The van der Waals surface area contributed by atoms with Gasteiger partial charge in [0.1, 0.15) is 5.82 Å². The summed E-state index contributed by atoms with van der Waals surface area (Å²) in [6, 6.07) is 13.0. The zero-order valence-corrected chi connectivity index (χ0v) is 15.0. The molecule has 2 aromatic carbocycles. The van der Waals surface area contributed by atoms with E-state index in [1.807, 2.05) is 42.2 Å². The first kappa shape index (κ1) is 18.2. The highest BCUT2D eigenvalue weighted by Crippen LogP contribution is 2.24. The van der Waals surface area contributed by atoms with Gasteiger partial charge in [0, 0.05) is 18.8 Å². The number of nitrogens with zero attached hydrogens (tertiary/aromatic N) is 2. The van der Waals surface area contributed by atoms with Crippen molar-refractivity contribution in [1.82, 2.24) is 0 Å². The highest BCUT2D eigenvalue weighted by atomic mass is 19.1. The number of nitrogens with two attached hydrogens (primary N) is 1. The third kappa shape index (κ3) is 4.73. The first-order valence-electron chi connectivity index (χ1n) is 8.86. The molecule has 0 spiro atoms. The minimum Gasteiger partial charge on any atom is -0.393 e. The van der Waals surface area contributed by atoms with Crippen molar-refractivity contribution in [3.05, 3.63) is 59.4 Å². The second kappa shape index (κ2) is 8.19. The van der Waals surface area contributed by atoms with Crippen LogP contribution >= 0.6 is 0 Å². The molecule has 1 heterocycles. The van der Waals surface area contributed by atoms with E-state index in [1.165, 1.54) is 6.07 Å². The number of anilines is 2. The molecule has 0 amide bonds. The monoisotopic (exact) mass is 356 g/mol. The fraction of sp³-hybridized carbons (Fsp3) is 0.350. The topological polar surface area (TPSA) is 73.9 Å². The predicted molar refractivity (Wildman–Crippen MR) is 104 cm³/mol. The number of rotatable bonds is 4. The summed E-state index contributed by atoms with van der Waals surface area (Å²) < 4.78 is 14.4. The molecule has 0 bridgehead atoms. The Labute approximate surface area is 153 Å². The molecule has 6 heteroatoms. The average molecular weight is 356 g/mol. The Morgan fingerprint density at radius 3 is 2.73 bits per heavy atom. The number of piperidine rings is 1.